The van der Waals surface area contributed by atoms with Crippen molar-refractivity contribution in [2.45, 2.75) is 88.6 Å². The largest absolute Gasteiger partial charge is 0.388 e. The maximum absolute atomic E-state index is 12.4. The summed E-state index contributed by atoms with van der Waals surface area (Å²) in [6, 6.07) is 0. The van der Waals surface area contributed by atoms with E-state index in [1.807, 2.05) is 0 Å². The average molecular weight is 582 g/mol. The van der Waals surface area contributed by atoms with Gasteiger partial charge in [-0.2, -0.15) is 0 Å². The molecule has 2 amide bonds. The van der Waals surface area contributed by atoms with Crippen LogP contribution in [0, 0.1) is 0 Å². The summed E-state index contributed by atoms with van der Waals surface area (Å²) >= 11 is 0. The van der Waals surface area contributed by atoms with E-state index < -0.39 is 73.2 Å². The van der Waals surface area contributed by atoms with Gasteiger partial charge in [0, 0.05) is 13.1 Å². The second-order valence-corrected chi connectivity index (χ2v) is 9.89. The molecule has 2 heterocycles. The minimum atomic E-state index is -1.47. The van der Waals surface area contributed by atoms with Gasteiger partial charge >= 0.3 is 0 Å². The van der Waals surface area contributed by atoms with Crippen LogP contribution in [0.15, 0.2) is 0 Å². The summed E-state index contributed by atoms with van der Waals surface area (Å²) in [5.41, 5.74) is 0. The topological polar surface area (TPSA) is 237 Å². The molecule has 0 aromatic rings. The maximum Gasteiger partial charge on any atom is 0.234 e. The highest BCUT2D eigenvalue weighted by Gasteiger charge is 2.44. The van der Waals surface area contributed by atoms with Gasteiger partial charge in [-0.1, -0.05) is 6.92 Å². The number of nitrogens with one attached hydrogen (secondary N) is 2. The van der Waals surface area contributed by atoms with Gasteiger partial charge in [0.25, 0.3) is 0 Å². The lowest BCUT2D eigenvalue weighted by atomic mass is 9.97. The molecule has 16 nitrogen and oxygen atoms in total. The van der Waals surface area contributed by atoms with E-state index in [4.69, 9.17) is 18.9 Å². The Morgan fingerprint density at radius 3 is 1.68 bits per heavy atom. The lowest BCUT2D eigenvalue weighted by Crippen LogP contribution is -2.58. The van der Waals surface area contributed by atoms with E-state index in [1.165, 1.54) is 18.7 Å². The zero-order valence-corrected chi connectivity index (χ0v) is 22.9. The van der Waals surface area contributed by atoms with Crippen molar-refractivity contribution in [3.63, 3.8) is 0 Å². The third-order valence-corrected chi connectivity index (χ3v) is 6.47. The SMILES string of the molecule is CC[C@H]1O[C@@H](OCCNC(=O)CN(CC(C)=O)CC(=O)NCCO[C@@H]2O[C@@H](C)[C@@H](O)[C@@H](O)[C@@H]2O)[C@@H](O)[C@@H](O)[C@@H]1O. The van der Waals surface area contributed by atoms with E-state index in [-0.39, 0.29) is 51.7 Å². The molecule has 0 aromatic heterocycles. The van der Waals surface area contributed by atoms with Gasteiger partial charge < -0.3 is 60.2 Å². The number of hydrogen-bond donors (Lipinski definition) is 8. The quantitative estimate of drug-likeness (QED) is 0.0848. The molecule has 2 rings (SSSR count). The van der Waals surface area contributed by atoms with Crippen LogP contribution in [-0.2, 0) is 33.3 Å². The molecule has 0 saturated carbocycles. The molecular weight excluding hydrogens is 538 g/mol. The molecule has 16 heteroatoms. The third kappa shape index (κ3) is 10.2. The predicted molar refractivity (Wildman–Crippen MR) is 134 cm³/mol. The van der Waals surface area contributed by atoms with Crippen molar-refractivity contribution in [3.8, 4) is 0 Å². The lowest BCUT2D eigenvalue weighted by Gasteiger charge is -2.40. The Bertz CT molecular complexity index is 819. The second kappa shape index (κ2) is 16.6. The Kier molecular flexibility index (Phi) is 14.2. The van der Waals surface area contributed by atoms with Crippen LogP contribution in [0.5, 0.6) is 0 Å². The van der Waals surface area contributed by atoms with E-state index in [0.717, 1.165) is 0 Å². The number of carbonyl (C=O) groups excluding carboxylic acids is 3. The molecular formula is C24H43N3O13. The Morgan fingerprint density at radius 1 is 0.725 bits per heavy atom. The highest BCUT2D eigenvalue weighted by molar-refractivity contribution is 5.83. The minimum Gasteiger partial charge on any atom is -0.388 e. The third-order valence-electron chi connectivity index (χ3n) is 6.47. The Hall–Kier alpha value is -1.83. The van der Waals surface area contributed by atoms with Gasteiger partial charge in [-0.15, -0.1) is 0 Å². The molecule has 0 spiro atoms. The zero-order valence-electron chi connectivity index (χ0n) is 22.9. The zero-order chi connectivity index (χ0) is 30.0. The van der Waals surface area contributed by atoms with Gasteiger partial charge in [0.1, 0.15) is 42.4 Å². The predicted octanol–water partition coefficient (Wildman–Crippen LogP) is -4.81. The smallest absolute Gasteiger partial charge is 0.234 e. The second-order valence-electron chi connectivity index (χ2n) is 9.89. The molecule has 2 fully saturated rings. The van der Waals surface area contributed by atoms with Crippen LogP contribution in [0.4, 0.5) is 0 Å². The van der Waals surface area contributed by atoms with Crippen LogP contribution in [-0.4, -0.2) is 160 Å². The number of hydrogen-bond acceptors (Lipinski definition) is 14. The Labute approximate surface area is 232 Å². The molecule has 40 heavy (non-hydrogen) atoms. The standard InChI is InChI=1S/C24H43N3O13/c1-4-14-18(32)20(34)22(36)24(40-14)38-8-6-26-16(30)11-27(9-12(2)28)10-15(29)25-5-7-37-23-21(35)19(33)17(31)13(3)39-23/h13-14,17-24,31-36H,4-11H2,1-3H3,(H,25,29)(H,26,30)/t13-,14+,17+,18+,19+,20-,21-,22-,23+,24+/m0/s1. The minimum absolute atomic E-state index is 0.00952. The highest BCUT2D eigenvalue weighted by Crippen LogP contribution is 2.24. The number of rotatable bonds is 15. The van der Waals surface area contributed by atoms with E-state index in [1.54, 1.807) is 6.92 Å². The fourth-order valence-electron chi connectivity index (χ4n) is 4.27. The normalized spacial score (nSPS) is 34.5. The van der Waals surface area contributed by atoms with Crippen LogP contribution in [0.1, 0.15) is 27.2 Å². The van der Waals surface area contributed by atoms with Gasteiger partial charge in [0.15, 0.2) is 12.6 Å². The van der Waals surface area contributed by atoms with E-state index in [2.05, 4.69) is 10.6 Å². The summed E-state index contributed by atoms with van der Waals surface area (Å²) in [6.07, 6.45) is -11.8. The first-order valence-electron chi connectivity index (χ1n) is 13.2. The average Bonchev–Trinajstić information content (AvgIpc) is 2.89. The highest BCUT2D eigenvalue weighted by atomic mass is 16.7. The molecule has 10 atom stereocenters. The monoisotopic (exact) mass is 581 g/mol. The number of ether oxygens (including phenoxy) is 4. The van der Waals surface area contributed by atoms with Gasteiger partial charge in [0.05, 0.1) is 45.1 Å². The van der Waals surface area contributed by atoms with Gasteiger partial charge in [0.2, 0.25) is 11.8 Å². The summed E-state index contributed by atoms with van der Waals surface area (Å²) in [4.78, 5) is 37.7. The lowest BCUT2D eigenvalue weighted by molar-refractivity contribution is -0.296. The number of amides is 2. The summed E-state index contributed by atoms with van der Waals surface area (Å²) < 4.78 is 21.5. The Balaban J connectivity index is 1.70. The first kappa shape index (κ1) is 34.4. The molecule has 232 valence electrons. The van der Waals surface area contributed by atoms with Crippen molar-refractivity contribution in [2.75, 3.05) is 45.9 Å². The molecule has 0 unspecified atom stereocenters. The van der Waals surface area contributed by atoms with Crippen molar-refractivity contribution in [1.82, 2.24) is 15.5 Å². The first-order chi connectivity index (χ1) is 18.8. The molecule has 2 aliphatic rings. The van der Waals surface area contributed by atoms with E-state index in [9.17, 15) is 45.0 Å². The Morgan fingerprint density at radius 2 is 1.20 bits per heavy atom. The van der Waals surface area contributed by atoms with Crippen LogP contribution in [0.25, 0.3) is 0 Å². The number of carbonyl (C=O) groups is 3. The fourth-order valence-corrected chi connectivity index (χ4v) is 4.27. The van der Waals surface area contributed by atoms with Crippen molar-refractivity contribution >= 4 is 17.6 Å². The summed E-state index contributed by atoms with van der Waals surface area (Å²) in [6.45, 7) is 3.74. The molecule has 0 bridgehead atoms. The van der Waals surface area contributed by atoms with Gasteiger partial charge in [-0.3, -0.25) is 19.3 Å². The number of Topliss-reactive ketones (excluding diaryl/α,β-unsaturated/α-hetero) is 1. The van der Waals surface area contributed by atoms with Crippen molar-refractivity contribution in [3.05, 3.63) is 0 Å². The van der Waals surface area contributed by atoms with Gasteiger partial charge in [-0.05, 0) is 20.3 Å². The van der Waals surface area contributed by atoms with Crippen LogP contribution >= 0.6 is 0 Å². The fraction of sp³-hybridized carbons (Fsp3) is 0.875. The molecule has 2 saturated heterocycles. The van der Waals surface area contributed by atoms with Crippen LogP contribution in [0.3, 0.4) is 0 Å². The first-order valence-corrected chi connectivity index (χ1v) is 13.2. The van der Waals surface area contributed by atoms with Crippen molar-refractivity contribution in [2.24, 2.45) is 0 Å². The van der Waals surface area contributed by atoms with Crippen LogP contribution < -0.4 is 10.6 Å². The van der Waals surface area contributed by atoms with Gasteiger partial charge in [-0.25, -0.2) is 0 Å². The van der Waals surface area contributed by atoms with Crippen LogP contribution in [0.2, 0.25) is 0 Å². The molecule has 0 aromatic carbocycles. The molecule has 8 N–H and O–H groups in total. The van der Waals surface area contributed by atoms with E-state index in [0.29, 0.717) is 6.42 Å². The van der Waals surface area contributed by atoms with E-state index >= 15 is 0 Å². The summed E-state index contributed by atoms with van der Waals surface area (Å²) in [7, 11) is 0. The molecule has 0 radical (unpaired) electrons. The van der Waals surface area contributed by atoms with Crippen molar-refractivity contribution in [1.29, 1.82) is 0 Å². The molecule has 2 aliphatic heterocycles. The number of aliphatic hydroxyl groups is 6. The summed E-state index contributed by atoms with van der Waals surface area (Å²) in [5.74, 6) is -1.25. The number of ketones is 1. The summed E-state index contributed by atoms with van der Waals surface area (Å²) in [5, 5.41) is 64.5. The maximum atomic E-state index is 12.4. The number of nitrogens with zero attached hydrogens (tertiary/aromatic N) is 1. The molecule has 0 aliphatic carbocycles. The number of aliphatic hydroxyl groups excluding tert-OH is 6. The van der Waals surface area contributed by atoms with Crippen molar-refractivity contribution < 1.29 is 64.0 Å².